The highest BCUT2D eigenvalue weighted by molar-refractivity contribution is 4.50. The van der Waals surface area contributed by atoms with E-state index in [1.165, 1.54) is 120 Å². The van der Waals surface area contributed by atoms with Crippen molar-refractivity contribution < 1.29 is 9.59 Å². The number of unbranched alkanes of at least 4 members (excludes halogenated alkanes) is 13. The number of nitrogens with zero attached hydrogens (tertiary/aromatic N) is 1. The summed E-state index contributed by atoms with van der Waals surface area (Å²) in [5.74, 6) is 0. The Kier molecular flexibility index (Phi) is 18.6. The summed E-state index contributed by atoms with van der Waals surface area (Å²) in [6.07, 6.45) is 21.8. The third kappa shape index (κ3) is 17.1. The minimum absolute atomic E-state index is 0.356. The lowest BCUT2D eigenvalue weighted by molar-refractivity contribution is -0.910. The maximum atomic E-state index is 9.09. The van der Waals surface area contributed by atoms with Crippen molar-refractivity contribution in [3.8, 4) is 0 Å². The van der Waals surface area contributed by atoms with Crippen LogP contribution in [-0.2, 0) is 0 Å². The second-order valence-electron chi connectivity index (χ2n) is 8.46. The summed E-state index contributed by atoms with van der Waals surface area (Å²) >= 11 is 0. The van der Waals surface area contributed by atoms with Crippen molar-refractivity contribution in [2.75, 3.05) is 33.3 Å². The van der Waals surface area contributed by atoms with Gasteiger partial charge in [-0.05, 0) is 38.5 Å². The molecule has 0 bridgehead atoms. The summed E-state index contributed by atoms with van der Waals surface area (Å²) in [5.41, 5.74) is 0. The zero-order valence-corrected chi connectivity index (χ0v) is 18.0. The molecule has 0 aromatic heterocycles. The van der Waals surface area contributed by atoms with Gasteiger partial charge < -0.3 is 9.59 Å². The molecule has 0 unspecified atom stereocenters. The summed E-state index contributed by atoms with van der Waals surface area (Å²) in [5, 5.41) is 9.09. The van der Waals surface area contributed by atoms with Crippen LogP contribution in [0.2, 0.25) is 0 Å². The van der Waals surface area contributed by atoms with E-state index >= 15 is 0 Å². The van der Waals surface area contributed by atoms with Gasteiger partial charge in [0.25, 0.3) is 0 Å². The molecule has 0 fully saturated rings. The van der Waals surface area contributed by atoms with Crippen molar-refractivity contribution in [2.24, 2.45) is 0 Å². The fourth-order valence-electron chi connectivity index (χ4n) is 3.84. The molecule has 2 nitrogen and oxygen atoms in total. The topological polar surface area (TPSA) is 20.2 Å². The molecule has 0 aliphatic heterocycles. The molecule has 0 aromatic carbocycles. The van der Waals surface area contributed by atoms with Crippen LogP contribution in [0.3, 0.4) is 0 Å². The monoisotopic (exact) mass is 356 g/mol. The largest absolute Gasteiger partial charge is 0.396 e. The number of aliphatic hydroxyl groups excluding tert-OH is 1. The van der Waals surface area contributed by atoms with E-state index in [0.29, 0.717) is 6.61 Å². The highest BCUT2D eigenvalue weighted by Crippen LogP contribution is 2.15. The van der Waals surface area contributed by atoms with Crippen molar-refractivity contribution in [1.82, 2.24) is 0 Å². The first-order valence-corrected chi connectivity index (χ1v) is 11.6. The van der Waals surface area contributed by atoms with Crippen LogP contribution >= 0.6 is 0 Å². The molecule has 0 saturated carbocycles. The molecule has 0 rings (SSSR count). The Bertz CT molecular complexity index is 236. The van der Waals surface area contributed by atoms with Gasteiger partial charge in [0.1, 0.15) is 0 Å². The number of quaternary nitrogens is 1. The van der Waals surface area contributed by atoms with Crippen LogP contribution < -0.4 is 0 Å². The van der Waals surface area contributed by atoms with Gasteiger partial charge in [0.05, 0.1) is 26.7 Å². The molecule has 0 radical (unpaired) electrons. The molecular formula is C23H50NO+. The van der Waals surface area contributed by atoms with Gasteiger partial charge >= 0.3 is 0 Å². The first-order chi connectivity index (χ1) is 12.2. The summed E-state index contributed by atoms with van der Waals surface area (Å²) in [6.45, 7) is 8.88. The Labute approximate surface area is 160 Å². The van der Waals surface area contributed by atoms with Crippen molar-refractivity contribution in [3.05, 3.63) is 0 Å². The Morgan fingerprint density at radius 3 is 1.16 bits per heavy atom. The van der Waals surface area contributed by atoms with Crippen LogP contribution in [0.15, 0.2) is 0 Å². The Balaban J connectivity index is 3.90. The lowest BCUT2D eigenvalue weighted by Gasteiger charge is -2.35. The highest BCUT2D eigenvalue weighted by Gasteiger charge is 2.19. The second-order valence-corrected chi connectivity index (χ2v) is 8.46. The number of rotatable bonds is 20. The number of hydrogen-bond acceptors (Lipinski definition) is 1. The fraction of sp³-hybridized carbons (Fsp3) is 1.00. The molecule has 0 aliphatic carbocycles. The minimum Gasteiger partial charge on any atom is -0.396 e. The molecule has 0 aromatic rings. The van der Waals surface area contributed by atoms with Crippen molar-refractivity contribution in [3.63, 3.8) is 0 Å². The van der Waals surface area contributed by atoms with Gasteiger partial charge in [-0.15, -0.1) is 0 Å². The van der Waals surface area contributed by atoms with E-state index in [4.69, 9.17) is 5.11 Å². The molecule has 0 aliphatic rings. The van der Waals surface area contributed by atoms with E-state index in [1.807, 2.05) is 0 Å². The van der Waals surface area contributed by atoms with Gasteiger partial charge in [0.15, 0.2) is 0 Å². The maximum absolute atomic E-state index is 9.09. The smallest absolute Gasteiger partial charge is 0.0785 e. The molecule has 25 heavy (non-hydrogen) atoms. The maximum Gasteiger partial charge on any atom is 0.0785 e. The SMILES string of the molecule is CCCCCCCCC[N+](C)(CCCCO)CCCCCCCCC. The van der Waals surface area contributed by atoms with Crippen LogP contribution in [0.1, 0.15) is 117 Å². The third-order valence-corrected chi connectivity index (χ3v) is 5.71. The first-order valence-electron chi connectivity index (χ1n) is 11.6. The highest BCUT2D eigenvalue weighted by atomic mass is 16.2. The first kappa shape index (κ1) is 24.9. The molecule has 1 N–H and O–H groups in total. The van der Waals surface area contributed by atoms with Gasteiger partial charge in [0.2, 0.25) is 0 Å². The normalized spacial score (nSPS) is 12.0. The van der Waals surface area contributed by atoms with E-state index in [-0.39, 0.29) is 0 Å². The Hall–Kier alpha value is -0.0800. The number of aliphatic hydroxyl groups is 1. The number of hydrogen-bond donors (Lipinski definition) is 1. The second kappa shape index (κ2) is 18.7. The van der Waals surface area contributed by atoms with Gasteiger partial charge in [0, 0.05) is 6.61 Å². The zero-order chi connectivity index (χ0) is 18.6. The molecule has 0 atom stereocenters. The standard InChI is InChI=1S/C23H50NO/c1-4-6-8-10-12-14-16-20-24(3,22-18-19-23-25)21-17-15-13-11-9-7-5-2/h25H,4-23H2,1-3H3/q+1. The molecule has 0 amide bonds. The van der Waals surface area contributed by atoms with E-state index < -0.39 is 0 Å². The molecule has 0 spiro atoms. The average Bonchev–Trinajstić information content (AvgIpc) is 2.60. The van der Waals surface area contributed by atoms with E-state index in [0.717, 1.165) is 6.42 Å². The minimum atomic E-state index is 0.356. The Morgan fingerprint density at radius 2 is 0.800 bits per heavy atom. The fourth-order valence-corrected chi connectivity index (χ4v) is 3.84. The lowest BCUT2D eigenvalue weighted by atomic mass is 10.1. The molecular weight excluding hydrogens is 306 g/mol. The van der Waals surface area contributed by atoms with E-state index in [2.05, 4.69) is 20.9 Å². The van der Waals surface area contributed by atoms with Crippen LogP contribution in [-0.4, -0.2) is 42.9 Å². The molecule has 152 valence electrons. The van der Waals surface area contributed by atoms with Gasteiger partial charge in [-0.3, -0.25) is 0 Å². The van der Waals surface area contributed by atoms with Gasteiger partial charge in [-0.2, -0.15) is 0 Å². The van der Waals surface area contributed by atoms with Crippen molar-refractivity contribution in [1.29, 1.82) is 0 Å². The van der Waals surface area contributed by atoms with Gasteiger partial charge in [-0.1, -0.05) is 78.1 Å². The predicted molar refractivity (Wildman–Crippen MR) is 113 cm³/mol. The summed E-state index contributed by atoms with van der Waals surface area (Å²) in [7, 11) is 2.46. The van der Waals surface area contributed by atoms with Crippen LogP contribution in [0.25, 0.3) is 0 Å². The average molecular weight is 357 g/mol. The van der Waals surface area contributed by atoms with Crippen LogP contribution in [0.4, 0.5) is 0 Å². The quantitative estimate of drug-likeness (QED) is 0.190. The van der Waals surface area contributed by atoms with Crippen LogP contribution in [0, 0.1) is 0 Å². The summed E-state index contributed by atoms with van der Waals surface area (Å²) in [4.78, 5) is 0. The summed E-state index contributed by atoms with van der Waals surface area (Å²) < 4.78 is 1.24. The zero-order valence-electron chi connectivity index (χ0n) is 18.0. The summed E-state index contributed by atoms with van der Waals surface area (Å²) in [6, 6.07) is 0. The van der Waals surface area contributed by atoms with Crippen molar-refractivity contribution >= 4 is 0 Å². The third-order valence-electron chi connectivity index (χ3n) is 5.71. The van der Waals surface area contributed by atoms with Crippen molar-refractivity contribution in [2.45, 2.75) is 117 Å². The predicted octanol–water partition coefficient (Wildman–Crippen LogP) is 6.71. The van der Waals surface area contributed by atoms with E-state index in [1.54, 1.807) is 0 Å². The van der Waals surface area contributed by atoms with Crippen LogP contribution in [0.5, 0.6) is 0 Å². The lowest BCUT2D eigenvalue weighted by Crippen LogP contribution is -2.46. The molecule has 0 saturated heterocycles. The molecule has 0 heterocycles. The van der Waals surface area contributed by atoms with E-state index in [9.17, 15) is 0 Å². The molecule has 2 heteroatoms. The van der Waals surface area contributed by atoms with Gasteiger partial charge in [-0.25, -0.2) is 0 Å². The Morgan fingerprint density at radius 1 is 0.480 bits per heavy atom.